The minimum absolute atomic E-state index is 0.302. The van der Waals surface area contributed by atoms with E-state index in [1.165, 1.54) is 6.20 Å². The van der Waals surface area contributed by atoms with Crippen LogP contribution in [0.1, 0.15) is 24.0 Å². The molecule has 1 rings (SSSR count). The molecule has 77 valence electrons. The Kier molecular flexibility index (Phi) is 2.69. The van der Waals surface area contributed by atoms with Gasteiger partial charge in [-0.15, -0.1) is 0 Å². The van der Waals surface area contributed by atoms with Crippen LogP contribution >= 0.6 is 0 Å². The highest BCUT2D eigenvalue weighted by atomic mass is 19.4. The summed E-state index contributed by atoms with van der Waals surface area (Å²) in [4.78, 5) is 3.26. The molecule has 0 saturated heterocycles. The Morgan fingerprint density at radius 1 is 1.50 bits per heavy atom. The lowest BCUT2D eigenvalue weighted by atomic mass is 10.0. The fourth-order valence-corrected chi connectivity index (χ4v) is 0.952. The first-order valence-corrected chi connectivity index (χ1v) is 3.91. The molecule has 0 spiro atoms. The summed E-state index contributed by atoms with van der Waals surface area (Å²) in [5.74, 6) is -1.30. The molecule has 0 bridgehead atoms. The summed E-state index contributed by atoms with van der Waals surface area (Å²) in [6.07, 6.45) is -3.40. The van der Waals surface area contributed by atoms with Gasteiger partial charge in [-0.05, 0) is 24.5 Å². The smallest absolute Gasteiger partial charge is 0.421 e. The molecule has 1 aromatic heterocycles. The summed E-state index contributed by atoms with van der Waals surface area (Å²) < 4.78 is 36.8. The number of halogens is 3. The normalized spacial score (nSPS) is 12.1. The van der Waals surface area contributed by atoms with E-state index in [1.54, 1.807) is 6.92 Å². The molecule has 0 aliphatic rings. The van der Waals surface area contributed by atoms with Gasteiger partial charge >= 0.3 is 6.18 Å². The van der Waals surface area contributed by atoms with Crippen molar-refractivity contribution in [3.8, 4) is 5.88 Å². The lowest BCUT2D eigenvalue weighted by molar-refractivity contribution is -0.139. The van der Waals surface area contributed by atoms with Crippen molar-refractivity contribution >= 4 is 0 Å². The number of aromatic hydroxyl groups is 1. The molecule has 0 aliphatic carbocycles. The van der Waals surface area contributed by atoms with E-state index >= 15 is 0 Å². The van der Waals surface area contributed by atoms with Crippen LogP contribution < -0.4 is 0 Å². The maximum Gasteiger partial charge on any atom is 0.421 e. The third-order valence-electron chi connectivity index (χ3n) is 1.76. The zero-order chi connectivity index (χ0) is 10.9. The molecule has 0 amide bonds. The van der Waals surface area contributed by atoms with Crippen LogP contribution in [0.15, 0.2) is 12.3 Å². The number of hydrogen-bond donors (Lipinski definition) is 1. The highest BCUT2D eigenvalue weighted by molar-refractivity contribution is 5.33. The summed E-state index contributed by atoms with van der Waals surface area (Å²) in [6, 6.07) is 0.861. The first-order chi connectivity index (χ1) is 6.32. The average molecular weight is 204 g/mol. The third kappa shape index (κ3) is 2.16. The van der Waals surface area contributed by atoms with Crippen LogP contribution in [0.25, 0.3) is 0 Å². The molecule has 1 N–H and O–H groups in total. The fourth-order valence-electron chi connectivity index (χ4n) is 0.952. The number of nitrogens with zero attached hydrogens (tertiary/aromatic N) is 1. The minimum atomic E-state index is -4.58. The minimum Gasteiger partial charge on any atom is -0.493 e. The quantitative estimate of drug-likeness (QED) is 0.762. The van der Waals surface area contributed by atoms with Gasteiger partial charge in [-0.1, -0.05) is 6.92 Å². The fraction of sp³-hybridized carbons (Fsp3) is 0.333. The average Bonchev–Trinajstić information content (AvgIpc) is 2.02. The summed E-state index contributed by atoms with van der Waals surface area (Å²) >= 11 is 0. The van der Waals surface area contributed by atoms with Crippen molar-refractivity contribution in [2.75, 3.05) is 0 Å². The molecular formula is C9H9F3NO. The number of alkyl halides is 3. The summed E-state index contributed by atoms with van der Waals surface area (Å²) in [7, 11) is 0. The second-order valence-electron chi connectivity index (χ2n) is 3.04. The summed E-state index contributed by atoms with van der Waals surface area (Å²) in [5.41, 5.74) is -0.777. The topological polar surface area (TPSA) is 33.1 Å². The van der Waals surface area contributed by atoms with Gasteiger partial charge in [0, 0.05) is 6.20 Å². The van der Waals surface area contributed by atoms with E-state index in [1.807, 2.05) is 0 Å². The molecule has 0 aromatic carbocycles. The molecule has 1 heterocycles. The van der Waals surface area contributed by atoms with E-state index in [0.29, 0.717) is 5.56 Å². The van der Waals surface area contributed by atoms with Crippen LogP contribution in [0.3, 0.4) is 0 Å². The highest BCUT2D eigenvalue weighted by Crippen LogP contribution is 2.35. The second kappa shape index (κ2) is 3.48. The van der Waals surface area contributed by atoms with Crippen LogP contribution in [-0.4, -0.2) is 10.1 Å². The molecule has 1 radical (unpaired) electrons. The van der Waals surface area contributed by atoms with Gasteiger partial charge in [0.25, 0.3) is 0 Å². The largest absolute Gasteiger partial charge is 0.493 e. The molecule has 0 fully saturated rings. The summed E-state index contributed by atoms with van der Waals surface area (Å²) in [6.45, 7) is 5.22. The van der Waals surface area contributed by atoms with Crippen molar-refractivity contribution < 1.29 is 18.3 Å². The van der Waals surface area contributed by atoms with E-state index in [-0.39, 0.29) is 5.92 Å². The molecule has 14 heavy (non-hydrogen) atoms. The molecule has 0 aliphatic heterocycles. The number of pyridine rings is 1. The molecule has 1 aromatic rings. The van der Waals surface area contributed by atoms with E-state index in [2.05, 4.69) is 11.9 Å². The molecule has 1 unspecified atom stereocenters. The van der Waals surface area contributed by atoms with Gasteiger partial charge in [0.1, 0.15) is 5.56 Å². The van der Waals surface area contributed by atoms with Gasteiger partial charge in [0.2, 0.25) is 5.88 Å². The second-order valence-corrected chi connectivity index (χ2v) is 3.04. The molecule has 5 heteroatoms. The van der Waals surface area contributed by atoms with E-state index < -0.39 is 17.6 Å². The number of hydrogen-bond acceptors (Lipinski definition) is 2. The number of rotatable bonds is 1. The highest BCUT2D eigenvalue weighted by Gasteiger charge is 2.35. The standard InChI is InChI=1S/C9H9F3NO/c1-5(2)6-3-7(9(10,11)12)8(14)13-4-6/h3-5H,1H2,2H3,(H,13,14). The Bertz CT molecular complexity index is 333. The predicted octanol–water partition coefficient (Wildman–Crippen LogP) is 2.74. The van der Waals surface area contributed by atoms with Crippen molar-refractivity contribution in [3.63, 3.8) is 0 Å². The maximum atomic E-state index is 12.3. The van der Waals surface area contributed by atoms with Crippen molar-refractivity contribution in [2.24, 2.45) is 0 Å². The Morgan fingerprint density at radius 3 is 2.50 bits per heavy atom. The zero-order valence-corrected chi connectivity index (χ0v) is 7.47. The van der Waals surface area contributed by atoms with Gasteiger partial charge in [-0.3, -0.25) is 0 Å². The van der Waals surface area contributed by atoms with E-state index in [4.69, 9.17) is 5.11 Å². The van der Waals surface area contributed by atoms with Crippen molar-refractivity contribution in [3.05, 3.63) is 30.3 Å². The Morgan fingerprint density at radius 2 is 2.07 bits per heavy atom. The Balaban J connectivity index is 3.22. The maximum absolute atomic E-state index is 12.3. The monoisotopic (exact) mass is 204 g/mol. The first-order valence-electron chi connectivity index (χ1n) is 3.91. The van der Waals surface area contributed by atoms with Crippen LogP contribution in [0, 0.1) is 6.92 Å². The van der Waals surface area contributed by atoms with E-state index in [9.17, 15) is 13.2 Å². The van der Waals surface area contributed by atoms with Crippen molar-refractivity contribution in [2.45, 2.75) is 19.0 Å². The lowest BCUT2D eigenvalue weighted by Gasteiger charge is -2.11. The van der Waals surface area contributed by atoms with Crippen molar-refractivity contribution in [1.29, 1.82) is 0 Å². The van der Waals surface area contributed by atoms with Crippen molar-refractivity contribution in [1.82, 2.24) is 4.98 Å². The SMILES string of the molecule is [CH2]C(C)c1cnc(O)c(C(F)(F)F)c1. The Labute approximate surface area is 79.4 Å². The van der Waals surface area contributed by atoms with Crippen LogP contribution in [0.5, 0.6) is 5.88 Å². The molecule has 2 nitrogen and oxygen atoms in total. The molecule has 1 atom stereocenters. The van der Waals surface area contributed by atoms with Crippen LogP contribution in [0.2, 0.25) is 0 Å². The molecular weight excluding hydrogens is 195 g/mol. The van der Waals surface area contributed by atoms with Crippen LogP contribution in [0.4, 0.5) is 13.2 Å². The van der Waals surface area contributed by atoms with Gasteiger partial charge in [0.15, 0.2) is 0 Å². The number of aromatic nitrogens is 1. The molecule has 0 saturated carbocycles. The zero-order valence-electron chi connectivity index (χ0n) is 7.47. The Hall–Kier alpha value is -1.26. The first kappa shape index (κ1) is 10.8. The third-order valence-corrected chi connectivity index (χ3v) is 1.76. The van der Waals surface area contributed by atoms with Crippen LogP contribution in [-0.2, 0) is 6.18 Å². The van der Waals surface area contributed by atoms with E-state index in [0.717, 1.165) is 6.07 Å². The van der Waals surface area contributed by atoms with Gasteiger partial charge in [0.05, 0.1) is 0 Å². The predicted molar refractivity (Wildman–Crippen MR) is 44.7 cm³/mol. The van der Waals surface area contributed by atoms with Gasteiger partial charge in [-0.25, -0.2) is 4.98 Å². The van der Waals surface area contributed by atoms with Gasteiger partial charge in [-0.2, -0.15) is 13.2 Å². The lowest BCUT2D eigenvalue weighted by Crippen LogP contribution is -2.07. The van der Waals surface area contributed by atoms with Gasteiger partial charge < -0.3 is 5.11 Å². The summed E-state index contributed by atoms with van der Waals surface area (Å²) in [5, 5.41) is 8.90.